The van der Waals surface area contributed by atoms with Crippen LogP contribution in [0.5, 0.6) is 0 Å². The quantitative estimate of drug-likeness (QED) is 0.674. The van der Waals surface area contributed by atoms with E-state index in [0.717, 1.165) is 16.8 Å². The van der Waals surface area contributed by atoms with Gasteiger partial charge < -0.3 is 10.6 Å². The molecule has 0 aliphatic heterocycles. The zero-order chi connectivity index (χ0) is 20.9. The van der Waals surface area contributed by atoms with Crippen LogP contribution in [0, 0.1) is 0 Å². The van der Waals surface area contributed by atoms with Gasteiger partial charge in [0.1, 0.15) is 11.4 Å². The van der Waals surface area contributed by atoms with Crippen molar-refractivity contribution >= 4 is 17.5 Å². The minimum Gasteiger partial charge on any atom is -0.347 e. The first-order chi connectivity index (χ1) is 13.8. The predicted molar refractivity (Wildman–Crippen MR) is 115 cm³/mol. The van der Waals surface area contributed by atoms with Crippen molar-refractivity contribution in [2.45, 2.75) is 32.7 Å². The van der Waals surface area contributed by atoms with E-state index in [1.807, 2.05) is 54.6 Å². The molecule has 2 aromatic carbocycles. The van der Waals surface area contributed by atoms with Gasteiger partial charge in [0.15, 0.2) is 0 Å². The van der Waals surface area contributed by atoms with Gasteiger partial charge in [0.25, 0.3) is 11.8 Å². The third kappa shape index (κ3) is 5.29. The van der Waals surface area contributed by atoms with Gasteiger partial charge in [-0.05, 0) is 34.7 Å². The molecule has 5 heteroatoms. The molecule has 2 N–H and O–H groups in total. The lowest BCUT2D eigenvalue weighted by atomic mass is 9.86. The zero-order valence-electron chi connectivity index (χ0n) is 16.9. The van der Waals surface area contributed by atoms with E-state index in [2.05, 4.69) is 36.4 Å². The first-order valence-corrected chi connectivity index (χ1v) is 9.54. The second kappa shape index (κ2) is 8.69. The summed E-state index contributed by atoms with van der Waals surface area (Å²) in [5.41, 5.74) is 3.05. The summed E-state index contributed by atoms with van der Waals surface area (Å²) in [5.74, 6) is -0.669. The van der Waals surface area contributed by atoms with Crippen LogP contribution < -0.4 is 10.6 Å². The Morgan fingerprint density at radius 2 is 1.41 bits per heavy atom. The van der Waals surface area contributed by atoms with Gasteiger partial charge >= 0.3 is 0 Å². The van der Waals surface area contributed by atoms with E-state index in [1.54, 1.807) is 18.2 Å². The van der Waals surface area contributed by atoms with Crippen LogP contribution in [0.4, 0.5) is 5.69 Å². The summed E-state index contributed by atoms with van der Waals surface area (Å²) in [6.07, 6.45) is 0. The molecule has 1 heterocycles. The van der Waals surface area contributed by atoms with Crippen LogP contribution >= 0.6 is 0 Å². The number of hydrogen-bond donors (Lipinski definition) is 2. The van der Waals surface area contributed by atoms with Gasteiger partial charge in [-0.3, -0.25) is 9.59 Å². The van der Waals surface area contributed by atoms with Gasteiger partial charge in [0, 0.05) is 12.2 Å². The van der Waals surface area contributed by atoms with Crippen LogP contribution in [0.2, 0.25) is 0 Å². The summed E-state index contributed by atoms with van der Waals surface area (Å²) in [6, 6.07) is 22.2. The van der Waals surface area contributed by atoms with Crippen molar-refractivity contribution in [2.24, 2.45) is 0 Å². The second-order valence-electron chi connectivity index (χ2n) is 7.83. The molecule has 3 aromatic rings. The van der Waals surface area contributed by atoms with E-state index < -0.39 is 0 Å². The lowest BCUT2D eigenvalue weighted by molar-refractivity contribution is 0.0945. The highest BCUT2D eigenvalue weighted by atomic mass is 16.2. The topological polar surface area (TPSA) is 71.1 Å². The maximum absolute atomic E-state index is 12.7. The molecule has 148 valence electrons. The van der Waals surface area contributed by atoms with Gasteiger partial charge in [-0.15, -0.1) is 0 Å². The van der Waals surface area contributed by atoms with Crippen LogP contribution in [0.25, 0.3) is 0 Å². The molecular weight excluding hydrogens is 362 g/mol. The Morgan fingerprint density at radius 1 is 0.793 bits per heavy atom. The van der Waals surface area contributed by atoms with Gasteiger partial charge in [-0.25, -0.2) is 4.98 Å². The zero-order valence-corrected chi connectivity index (χ0v) is 16.9. The molecule has 0 unspecified atom stereocenters. The van der Waals surface area contributed by atoms with E-state index in [0.29, 0.717) is 6.54 Å². The Hall–Kier alpha value is -3.47. The van der Waals surface area contributed by atoms with Crippen molar-refractivity contribution in [3.05, 3.63) is 95.3 Å². The Labute approximate surface area is 171 Å². The third-order valence-corrected chi connectivity index (χ3v) is 4.49. The first kappa shape index (κ1) is 20.3. The minimum absolute atomic E-state index is 0.115. The maximum Gasteiger partial charge on any atom is 0.274 e. The number of nitrogens with zero attached hydrogens (tertiary/aromatic N) is 1. The van der Waals surface area contributed by atoms with Crippen molar-refractivity contribution in [1.29, 1.82) is 0 Å². The molecule has 0 aliphatic rings. The highest BCUT2D eigenvalue weighted by molar-refractivity contribution is 6.04. The van der Waals surface area contributed by atoms with E-state index in [9.17, 15) is 9.59 Å². The highest BCUT2D eigenvalue weighted by Gasteiger charge is 2.19. The summed E-state index contributed by atoms with van der Waals surface area (Å²) in [7, 11) is 0. The van der Waals surface area contributed by atoms with Gasteiger partial charge in [-0.2, -0.15) is 0 Å². The van der Waals surface area contributed by atoms with E-state index in [4.69, 9.17) is 0 Å². The number of hydrogen-bond acceptors (Lipinski definition) is 3. The molecule has 1 aromatic heterocycles. The van der Waals surface area contributed by atoms with Crippen LogP contribution in [0.3, 0.4) is 0 Å². The van der Waals surface area contributed by atoms with Gasteiger partial charge in [0.05, 0.1) is 0 Å². The van der Waals surface area contributed by atoms with Crippen molar-refractivity contribution in [1.82, 2.24) is 10.3 Å². The summed E-state index contributed by atoms with van der Waals surface area (Å²) in [4.78, 5) is 29.4. The molecule has 2 amide bonds. The molecule has 0 saturated carbocycles. The number of rotatable bonds is 5. The van der Waals surface area contributed by atoms with Gasteiger partial charge in [0.2, 0.25) is 0 Å². The van der Waals surface area contributed by atoms with E-state index in [-0.39, 0.29) is 28.6 Å². The Bertz CT molecular complexity index is 1010. The van der Waals surface area contributed by atoms with Crippen molar-refractivity contribution in [3.8, 4) is 0 Å². The highest BCUT2D eigenvalue weighted by Crippen LogP contribution is 2.29. The van der Waals surface area contributed by atoms with Crippen molar-refractivity contribution in [2.75, 3.05) is 5.32 Å². The Balaban J connectivity index is 1.72. The number of amides is 2. The molecule has 0 fully saturated rings. The van der Waals surface area contributed by atoms with Crippen molar-refractivity contribution < 1.29 is 9.59 Å². The lowest BCUT2D eigenvalue weighted by Crippen LogP contribution is -2.25. The van der Waals surface area contributed by atoms with Crippen LogP contribution in [0.15, 0.2) is 72.8 Å². The van der Waals surface area contributed by atoms with Crippen LogP contribution in [0.1, 0.15) is 52.9 Å². The Kier molecular flexibility index (Phi) is 6.07. The SMILES string of the molecule is CC(C)(C)c1ccccc1NC(=O)c1cccc(C(=O)NCc2ccccc2)n1. The fraction of sp³-hybridized carbons (Fsp3) is 0.208. The number of pyridine rings is 1. The number of anilines is 1. The molecule has 0 spiro atoms. The molecule has 29 heavy (non-hydrogen) atoms. The predicted octanol–water partition coefficient (Wildman–Crippen LogP) is 4.56. The number of aromatic nitrogens is 1. The Morgan fingerprint density at radius 3 is 2.10 bits per heavy atom. The maximum atomic E-state index is 12.7. The summed E-state index contributed by atoms with van der Waals surface area (Å²) >= 11 is 0. The van der Waals surface area contributed by atoms with Crippen LogP contribution in [-0.4, -0.2) is 16.8 Å². The van der Waals surface area contributed by atoms with E-state index >= 15 is 0 Å². The summed E-state index contributed by atoms with van der Waals surface area (Å²) < 4.78 is 0. The molecule has 0 bridgehead atoms. The number of carbonyl (C=O) groups is 2. The molecule has 3 rings (SSSR count). The standard InChI is InChI=1S/C24H25N3O2/c1-24(2,3)18-12-7-8-13-19(18)27-23(29)21-15-9-14-20(26-21)22(28)25-16-17-10-5-4-6-11-17/h4-15H,16H2,1-3H3,(H,25,28)(H,27,29). The molecule has 0 aliphatic carbocycles. The largest absolute Gasteiger partial charge is 0.347 e. The minimum atomic E-state index is -0.348. The fourth-order valence-electron chi connectivity index (χ4n) is 2.99. The summed E-state index contributed by atoms with van der Waals surface area (Å²) in [6.45, 7) is 6.67. The number of nitrogens with one attached hydrogen (secondary N) is 2. The monoisotopic (exact) mass is 387 g/mol. The molecule has 5 nitrogen and oxygen atoms in total. The summed E-state index contributed by atoms with van der Waals surface area (Å²) in [5, 5.41) is 5.75. The van der Waals surface area contributed by atoms with Crippen LogP contribution in [-0.2, 0) is 12.0 Å². The normalized spacial score (nSPS) is 11.0. The lowest BCUT2D eigenvalue weighted by Gasteiger charge is -2.22. The van der Waals surface area contributed by atoms with E-state index in [1.165, 1.54) is 0 Å². The van der Waals surface area contributed by atoms with Gasteiger partial charge in [-0.1, -0.05) is 75.4 Å². The second-order valence-corrected chi connectivity index (χ2v) is 7.83. The molecule has 0 atom stereocenters. The smallest absolute Gasteiger partial charge is 0.274 e. The third-order valence-electron chi connectivity index (χ3n) is 4.49. The number of para-hydroxylation sites is 1. The molecule has 0 radical (unpaired) electrons. The first-order valence-electron chi connectivity index (χ1n) is 9.54. The average Bonchev–Trinajstić information content (AvgIpc) is 2.72. The number of carbonyl (C=O) groups excluding carboxylic acids is 2. The number of benzene rings is 2. The molecular formula is C24H25N3O2. The fourth-order valence-corrected chi connectivity index (χ4v) is 2.99. The van der Waals surface area contributed by atoms with Crippen molar-refractivity contribution in [3.63, 3.8) is 0 Å². The molecule has 0 saturated heterocycles. The average molecular weight is 387 g/mol.